The summed E-state index contributed by atoms with van der Waals surface area (Å²) in [7, 11) is 6.14. The van der Waals surface area contributed by atoms with Gasteiger partial charge in [0, 0.05) is 95.9 Å². The molecule has 7 N–H and O–H groups in total. The molecule has 1 heterocycles. The molecule has 12 atom stereocenters. The first kappa shape index (κ1) is 85.1. The first-order valence-corrected chi connectivity index (χ1v) is 37.4. The van der Waals surface area contributed by atoms with Gasteiger partial charge in [-0.15, -0.1) is 11.8 Å². The Bertz CT molecular complexity index is 3200. The maximum atomic E-state index is 14.9. The molecule has 0 aromatic heterocycles. The van der Waals surface area contributed by atoms with Crippen LogP contribution in [0, 0.1) is 52.8 Å². The number of nitrogens with one attached hydrogen (secondary N) is 4. The van der Waals surface area contributed by atoms with Gasteiger partial charge in [0.2, 0.25) is 29.5 Å². The number of likely N-dealkylation sites (tertiary alicyclic amines) is 1. The molecule has 25 nitrogen and oxygen atoms in total. The lowest BCUT2D eigenvalue weighted by Gasteiger charge is -2.41. The number of primary amides is 1. The molecule has 102 heavy (non-hydrogen) atoms. The molecule has 2 aliphatic carbocycles. The van der Waals surface area contributed by atoms with Crippen molar-refractivity contribution in [1.82, 2.24) is 30.7 Å². The van der Waals surface area contributed by atoms with E-state index < -0.39 is 95.2 Å². The maximum Gasteiger partial charge on any atom is 0.410 e. The predicted molar refractivity (Wildman–Crippen MR) is 388 cm³/mol. The molecular weight excluding hydrogens is 1330 g/mol. The molecule has 2 unspecified atom stereocenters. The highest BCUT2D eigenvalue weighted by Gasteiger charge is 2.48. The number of ketones is 5. The zero-order valence-electron chi connectivity index (χ0n) is 62.2. The van der Waals surface area contributed by atoms with Gasteiger partial charge >= 0.3 is 18.1 Å². The smallest absolute Gasteiger partial charge is 0.410 e. The topological polar surface area (TPSA) is 354 Å². The summed E-state index contributed by atoms with van der Waals surface area (Å²) in [6.45, 7) is 16.8. The number of anilines is 1. The summed E-state index contributed by atoms with van der Waals surface area (Å²) in [6.07, 6.45) is 3.50. The van der Waals surface area contributed by atoms with Crippen LogP contribution in [0.1, 0.15) is 187 Å². The van der Waals surface area contributed by atoms with E-state index in [0.717, 1.165) is 12.8 Å². The second-order valence-electron chi connectivity index (χ2n) is 29.3. The first-order chi connectivity index (χ1) is 48.3. The molecule has 26 heteroatoms. The number of carboxylic acids is 1. The fourth-order valence-electron chi connectivity index (χ4n) is 14.2. The molecule has 0 spiro atoms. The van der Waals surface area contributed by atoms with Crippen molar-refractivity contribution in [3.05, 3.63) is 65.7 Å². The zero-order valence-corrected chi connectivity index (χ0v) is 63.0. The Hall–Kier alpha value is -7.58. The Kier molecular flexibility index (Phi) is 34.2. The summed E-state index contributed by atoms with van der Waals surface area (Å²) in [6, 6.07) is 11.5. The van der Waals surface area contributed by atoms with Crippen LogP contribution in [0.4, 0.5) is 15.3 Å². The summed E-state index contributed by atoms with van der Waals surface area (Å²) < 4.78 is 17.8. The molecule has 3 fully saturated rings. The minimum Gasteiger partial charge on any atom is -0.481 e. The number of nitrogens with two attached hydrogens (primary N) is 1. The number of aliphatic carboxylic acids is 1. The number of methoxy groups -OCH3 is 2. The number of unbranched alkanes of at least 4 members (excludes halogenated alkanes) is 2. The number of ether oxygens (including phenoxy) is 3. The van der Waals surface area contributed by atoms with Gasteiger partial charge < -0.3 is 61.0 Å². The Labute approximate surface area is 606 Å². The van der Waals surface area contributed by atoms with Crippen molar-refractivity contribution in [2.24, 2.45) is 58.5 Å². The summed E-state index contributed by atoms with van der Waals surface area (Å²) in [4.78, 5) is 179. The molecule has 2 saturated carbocycles. The largest absolute Gasteiger partial charge is 0.481 e. The fraction of sp³-hybridized carbons (Fsp3) is 0.671. The van der Waals surface area contributed by atoms with Crippen molar-refractivity contribution in [1.29, 1.82) is 0 Å². The number of hydrogen-bond acceptors (Lipinski definition) is 17. The number of carbonyl (C=O) groups excluding carboxylic acids is 12. The van der Waals surface area contributed by atoms with Crippen LogP contribution in [0.25, 0.3) is 0 Å². The average molecular weight is 1440 g/mol. The normalized spacial score (nSPS) is 19.0. The van der Waals surface area contributed by atoms with Crippen LogP contribution in [0.3, 0.4) is 0 Å². The number of Topliss-reactive ketones (excluding diaryl/α,β-unsaturated/α-hetero) is 5. The van der Waals surface area contributed by atoms with E-state index in [1.54, 1.807) is 106 Å². The number of likely N-dealkylation sites (N-methyl/N-ethyl adjacent to an activating group) is 2. The van der Waals surface area contributed by atoms with Crippen molar-refractivity contribution in [2.75, 3.05) is 59.0 Å². The molecular formula is C76H114N8O17S. The third-order valence-electron chi connectivity index (χ3n) is 20.7. The van der Waals surface area contributed by atoms with E-state index in [2.05, 4.69) is 21.3 Å². The highest BCUT2D eigenvalue weighted by molar-refractivity contribution is 8.00. The number of rotatable bonds is 45. The minimum absolute atomic E-state index is 0.0607. The second-order valence-corrected chi connectivity index (χ2v) is 30.5. The second kappa shape index (κ2) is 41.1. The Balaban J connectivity index is 1.14. The van der Waals surface area contributed by atoms with Crippen molar-refractivity contribution in [3.8, 4) is 0 Å². The molecule has 5 rings (SSSR count). The van der Waals surface area contributed by atoms with E-state index >= 15 is 0 Å². The van der Waals surface area contributed by atoms with Gasteiger partial charge in [-0.2, -0.15) is 0 Å². The number of benzene rings is 2. The SMILES string of the molecule is CC[C@H](C)[C@@H]([C@@H](CC(=O)N1CCC[C@H]1[C@H](OC)[C@@H](C)C(=O)NCC(=O)c1ccccc1)OC)N(C)C(=O)[C@@H](CC(=O)[C@H](C(C)C)N(C)C(=O)OCc1ccc(NC(=O)[C@H](CCCNC(N)=O)CC(=O)[C@@H](NC(=O)CCCCCC2C(=O)CC(SCC3(CC(=O)O)CC3)C2=O)C(C)C)cc1)C(C)C. The number of urea groups is 1. The van der Waals surface area contributed by atoms with Crippen LogP contribution in [-0.2, 0) is 68.8 Å². The van der Waals surface area contributed by atoms with E-state index in [-0.39, 0.29) is 140 Å². The monoisotopic (exact) mass is 1440 g/mol. The highest BCUT2D eigenvalue weighted by Crippen LogP contribution is 2.52. The summed E-state index contributed by atoms with van der Waals surface area (Å²) in [5.41, 5.74) is 6.40. The first-order valence-electron chi connectivity index (χ1n) is 36.3. The van der Waals surface area contributed by atoms with Crippen molar-refractivity contribution in [2.45, 2.75) is 220 Å². The quantitative estimate of drug-likeness (QED) is 0.0204. The van der Waals surface area contributed by atoms with Gasteiger partial charge in [-0.05, 0) is 98.1 Å². The molecule has 0 radical (unpaired) electrons. The van der Waals surface area contributed by atoms with Gasteiger partial charge in [0.15, 0.2) is 23.1 Å². The fourth-order valence-corrected chi connectivity index (χ4v) is 15.8. The van der Waals surface area contributed by atoms with E-state index in [4.69, 9.17) is 19.9 Å². The minimum atomic E-state index is -0.982. The van der Waals surface area contributed by atoms with Gasteiger partial charge in [0.25, 0.3) is 0 Å². The standard InChI is InChI=1S/C76H114N8O17S/c1-14-48(8)68(61(99-12)40-64(90)84-36-22-27-56(84)70(100-13)49(9)71(94)79-42-60(88)51-23-17-15-18-24-51)82(10)73(96)55(45(2)3)38-59(87)67(47(6)7)83(11)75(98)101-43-50-29-31-53(32-30-50)80-72(95)52(25-21-35-78-74(77)97)37-58(86)66(46(4)5)81-63(89)28-20-16-19-26-54-57(85)39-62(69(54)93)102-44-76(33-34-76)41-65(91)92/h15,17-18,23-24,29-32,45-49,52,54-56,61-62,66-68,70H,14,16,19-22,25-28,33-44H2,1-13H3,(H,79,94)(H,80,95)(H,81,89)(H,91,92)(H3,77,78,97)/t48-,49+,52+,54?,55-,56-,61+,62?,66-,67-,68-,70+/m0/s1. The Morgan fingerprint density at radius 1 is 0.775 bits per heavy atom. The number of thioether (sulfide) groups is 1. The van der Waals surface area contributed by atoms with Crippen LogP contribution in [0.15, 0.2) is 54.6 Å². The lowest BCUT2D eigenvalue weighted by Crippen LogP contribution is -2.54. The van der Waals surface area contributed by atoms with Crippen LogP contribution in [-0.4, -0.2) is 192 Å². The molecule has 2 aromatic carbocycles. The number of nitrogens with zero attached hydrogens (tertiary/aromatic N) is 3. The number of amides is 8. The zero-order chi connectivity index (χ0) is 75.7. The lowest BCUT2D eigenvalue weighted by atomic mass is 9.83. The van der Waals surface area contributed by atoms with Crippen LogP contribution in [0.5, 0.6) is 0 Å². The summed E-state index contributed by atoms with van der Waals surface area (Å²) in [5, 5.41) is 19.8. The van der Waals surface area contributed by atoms with Crippen LogP contribution >= 0.6 is 11.8 Å². The molecule has 0 bridgehead atoms. The third kappa shape index (κ3) is 25.1. The molecule has 566 valence electrons. The number of hydrogen-bond donors (Lipinski definition) is 6. The lowest BCUT2D eigenvalue weighted by molar-refractivity contribution is -0.149. The van der Waals surface area contributed by atoms with Gasteiger partial charge in [-0.3, -0.25) is 52.7 Å². The van der Waals surface area contributed by atoms with Gasteiger partial charge in [-0.1, -0.05) is 124 Å². The number of carboxylic acid groups (broad SMARTS) is 1. The Morgan fingerprint density at radius 2 is 1.45 bits per heavy atom. The van der Waals surface area contributed by atoms with E-state index in [1.807, 2.05) is 27.7 Å². The van der Waals surface area contributed by atoms with Gasteiger partial charge in [0.05, 0.1) is 72.8 Å². The van der Waals surface area contributed by atoms with E-state index in [9.17, 15) is 67.4 Å². The maximum absolute atomic E-state index is 14.9. The molecule has 1 aliphatic heterocycles. The molecule has 1 saturated heterocycles. The van der Waals surface area contributed by atoms with Crippen molar-refractivity contribution < 1.29 is 81.6 Å². The highest BCUT2D eigenvalue weighted by atomic mass is 32.2. The van der Waals surface area contributed by atoms with Gasteiger partial charge in [-0.25, -0.2) is 9.59 Å². The third-order valence-corrected chi connectivity index (χ3v) is 22.2. The predicted octanol–water partition coefficient (Wildman–Crippen LogP) is 9.00. The van der Waals surface area contributed by atoms with Gasteiger partial charge in [0.1, 0.15) is 12.4 Å². The molecule has 3 aliphatic rings. The number of carbonyl (C=O) groups is 13. The summed E-state index contributed by atoms with van der Waals surface area (Å²) >= 11 is 1.39. The Morgan fingerprint density at radius 3 is 2.04 bits per heavy atom. The summed E-state index contributed by atoms with van der Waals surface area (Å²) in [5.74, 6) is -7.56. The molecule has 2 aromatic rings. The van der Waals surface area contributed by atoms with Crippen LogP contribution < -0.4 is 27.0 Å². The average Bonchev–Trinajstić information content (AvgIpc) is 1.57. The van der Waals surface area contributed by atoms with E-state index in [1.165, 1.54) is 37.9 Å². The van der Waals surface area contributed by atoms with Crippen molar-refractivity contribution in [3.63, 3.8) is 0 Å². The van der Waals surface area contributed by atoms with Crippen LogP contribution in [0.2, 0.25) is 0 Å². The van der Waals surface area contributed by atoms with Crippen molar-refractivity contribution >= 4 is 94.0 Å². The molecule has 8 amide bonds. The van der Waals surface area contributed by atoms with E-state index in [0.29, 0.717) is 80.5 Å².